The molecule has 2 N–H and O–H groups in total. The summed E-state index contributed by atoms with van der Waals surface area (Å²) in [5.41, 5.74) is 7.86. The van der Waals surface area contributed by atoms with Crippen LogP contribution in [0.5, 0.6) is 0 Å². The van der Waals surface area contributed by atoms with E-state index in [1.807, 2.05) is 43.5 Å². The molecule has 8 nitrogen and oxygen atoms in total. The first kappa shape index (κ1) is 20.9. The molecule has 0 atom stereocenters. The third-order valence-corrected chi connectivity index (χ3v) is 5.77. The van der Waals surface area contributed by atoms with Gasteiger partial charge in [0.2, 0.25) is 5.91 Å². The number of Topliss-reactive ketones (excluding diaryl/α,β-unsaturated/α-hetero) is 1. The Labute approximate surface area is 173 Å². The van der Waals surface area contributed by atoms with Gasteiger partial charge in [0.1, 0.15) is 11.6 Å². The Morgan fingerprint density at radius 1 is 1.24 bits per heavy atom. The fraction of sp³-hybridized carbons (Fsp3) is 0.400. The SMILES string of the molecule is CCn1c(CCC(N)=O)nnc1SCC(=O)c1cc(C)n(Cc2ccco2)c1C. The van der Waals surface area contributed by atoms with Gasteiger partial charge in [-0.15, -0.1) is 10.2 Å². The molecular formula is C20H25N5O3S. The Morgan fingerprint density at radius 3 is 2.69 bits per heavy atom. The highest BCUT2D eigenvalue weighted by molar-refractivity contribution is 7.99. The first-order valence-electron chi connectivity index (χ1n) is 9.46. The highest BCUT2D eigenvalue weighted by atomic mass is 32.2. The topological polar surface area (TPSA) is 109 Å². The van der Waals surface area contributed by atoms with E-state index in [-0.39, 0.29) is 23.9 Å². The molecule has 0 aliphatic heterocycles. The zero-order chi connectivity index (χ0) is 21.0. The van der Waals surface area contributed by atoms with Crippen molar-refractivity contribution in [1.82, 2.24) is 19.3 Å². The van der Waals surface area contributed by atoms with E-state index >= 15 is 0 Å². The second-order valence-electron chi connectivity index (χ2n) is 6.77. The molecule has 1 amide bonds. The van der Waals surface area contributed by atoms with Gasteiger partial charge in [-0.05, 0) is 39.0 Å². The van der Waals surface area contributed by atoms with Gasteiger partial charge in [0.25, 0.3) is 0 Å². The summed E-state index contributed by atoms with van der Waals surface area (Å²) in [5, 5.41) is 9.00. The molecule has 3 rings (SSSR count). The van der Waals surface area contributed by atoms with Gasteiger partial charge < -0.3 is 19.3 Å². The van der Waals surface area contributed by atoms with Crippen LogP contribution in [-0.4, -0.2) is 36.8 Å². The van der Waals surface area contributed by atoms with Crippen LogP contribution < -0.4 is 5.73 Å². The molecule has 3 aromatic rings. The minimum absolute atomic E-state index is 0.0399. The number of primary amides is 1. The monoisotopic (exact) mass is 415 g/mol. The molecule has 3 heterocycles. The molecule has 0 spiro atoms. The van der Waals surface area contributed by atoms with Crippen LogP contribution in [0.3, 0.4) is 0 Å². The summed E-state index contributed by atoms with van der Waals surface area (Å²) in [5.74, 6) is 1.49. The molecule has 0 aliphatic carbocycles. The second kappa shape index (κ2) is 9.13. The molecule has 29 heavy (non-hydrogen) atoms. The van der Waals surface area contributed by atoms with E-state index in [0.717, 1.165) is 17.1 Å². The Kier molecular flexibility index (Phi) is 6.58. The first-order chi connectivity index (χ1) is 13.9. The lowest BCUT2D eigenvalue weighted by atomic mass is 10.2. The largest absolute Gasteiger partial charge is 0.467 e. The molecule has 3 aromatic heterocycles. The van der Waals surface area contributed by atoms with Crippen molar-refractivity contribution >= 4 is 23.5 Å². The molecule has 0 fully saturated rings. The van der Waals surface area contributed by atoms with Crippen molar-refractivity contribution in [3.63, 3.8) is 0 Å². The van der Waals surface area contributed by atoms with Gasteiger partial charge in [0, 0.05) is 36.3 Å². The van der Waals surface area contributed by atoms with Gasteiger partial charge in [-0.1, -0.05) is 11.8 Å². The molecule has 9 heteroatoms. The summed E-state index contributed by atoms with van der Waals surface area (Å²) in [4.78, 5) is 23.9. The van der Waals surface area contributed by atoms with Crippen LogP contribution in [0.4, 0.5) is 0 Å². The summed E-state index contributed by atoms with van der Waals surface area (Å²) in [7, 11) is 0. The van der Waals surface area contributed by atoms with Crippen molar-refractivity contribution in [3.05, 3.63) is 53.0 Å². The van der Waals surface area contributed by atoms with E-state index in [1.54, 1.807) is 6.26 Å². The summed E-state index contributed by atoms with van der Waals surface area (Å²) in [6.07, 6.45) is 2.32. The predicted molar refractivity (Wildman–Crippen MR) is 110 cm³/mol. The van der Waals surface area contributed by atoms with Crippen LogP contribution >= 0.6 is 11.8 Å². The normalized spacial score (nSPS) is 11.1. The van der Waals surface area contributed by atoms with Crippen molar-refractivity contribution in [2.75, 3.05) is 5.75 Å². The van der Waals surface area contributed by atoms with Gasteiger partial charge in [-0.3, -0.25) is 9.59 Å². The Bertz CT molecular complexity index is 1000. The number of ketones is 1. The summed E-state index contributed by atoms with van der Waals surface area (Å²) < 4.78 is 9.42. The number of carbonyl (C=O) groups excluding carboxylic acids is 2. The number of hydrogen-bond acceptors (Lipinski definition) is 6. The van der Waals surface area contributed by atoms with Gasteiger partial charge >= 0.3 is 0 Å². The predicted octanol–water partition coefficient (Wildman–Crippen LogP) is 2.75. The summed E-state index contributed by atoms with van der Waals surface area (Å²) in [6.45, 7) is 7.17. The number of amides is 1. The molecule has 0 saturated carbocycles. The third kappa shape index (κ3) is 4.79. The molecule has 0 radical (unpaired) electrons. The Hall–Kier alpha value is -2.81. The number of rotatable bonds is 10. The zero-order valence-corrected chi connectivity index (χ0v) is 17.7. The van der Waals surface area contributed by atoms with Crippen LogP contribution in [-0.2, 0) is 24.3 Å². The molecule has 0 saturated heterocycles. The van der Waals surface area contributed by atoms with Gasteiger partial charge in [-0.2, -0.15) is 0 Å². The van der Waals surface area contributed by atoms with E-state index in [2.05, 4.69) is 14.8 Å². The number of thioether (sulfide) groups is 1. The van der Waals surface area contributed by atoms with Crippen molar-refractivity contribution < 1.29 is 14.0 Å². The van der Waals surface area contributed by atoms with Crippen LogP contribution in [0.1, 0.15) is 46.7 Å². The van der Waals surface area contributed by atoms with Crippen LogP contribution in [0, 0.1) is 13.8 Å². The van der Waals surface area contributed by atoms with Crippen LogP contribution in [0.25, 0.3) is 0 Å². The van der Waals surface area contributed by atoms with E-state index in [1.165, 1.54) is 11.8 Å². The van der Waals surface area contributed by atoms with Crippen LogP contribution in [0.15, 0.2) is 34.0 Å². The van der Waals surface area contributed by atoms with E-state index in [0.29, 0.717) is 36.1 Å². The number of aryl methyl sites for hydroxylation is 2. The maximum absolute atomic E-state index is 12.9. The minimum atomic E-state index is -0.370. The van der Waals surface area contributed by atoms with Gasteiger partial charge in [-0.25, -0.2) is 0 Å². The lowest BCUT2D eigenvalue weighted by Crippen LogP contribution is -2.13. The minimum Gasteiger partial charge on any atom is -0.467 e. The molecular weight excluding hydrogens is 390 g/mol. The number of nitrogens with zero attached hydrogens (tertiary/aromatic N) is 4. The van der Waals surface area contributed by atoms with Crippen LogP contribution in [0.2, 0.25) is 0 Å². The van der Waals surface area contributed by atoms with E-state index < -0.39 is 0 Å². The first-order valence-corrected chi connectivity index (χ1v) is 10.4. The number of aromatic nitrogens is 4. The van der Waals surface area contributed by atoms with Crippen molar-refractivity contribution in [2.45, 2.75) is 51.9 Å². The maximum atomic E-state index is 12.9. The third-order valence-electron chi connectivity index (χ3n) is 4.81. The molecule has 154 valence electrons. The summed E-state index contributed by atoms with van der Waals surface area (Å²) >= 11 is 1.35. The highest BCUT2D eigenvalue weighted by Gasteiger charge is 2.19. The number of furan rings is 1. The molecule has 0 aromatic carbocycles. The highest BCUT2D eigenvalue weighted by Crippen LogP contribution is 2.23. The van der Waals surface area contributed by atoms with Gasteiger partial charge in [0.15, 0.2) is 10.9 Å². The number of hydrogen-bond donors (Lipinski definition) is 1. The smallest absolute Gasteiger partial charge is 0.217 e. The quantitative estimate of drug-likeness (QED) is 0.403. The van der Waals surface area contributed by atoms with Gasteiger partial charge in [0.05, 0.1) is 18.6 Å². The average molecular weight is 416 g/mol. The van der Waals surface area contributed by atoms with E-state index in [4.69, 9.17) is 10.2 Å². The molecule has 0 unspecified atom stereocenters. The zero-order valence-electron chi connectivity index (χ0n) is 16.8. The van der Waals surface area contributed by atoms with E-state index in [9.17, 15) is 9.59 Å². The fourth-order valence-corrected chi connectivity index (χ4v) is 4.16. The van der Waals surface area contributed by atoms with Crippen molar-refractivity contribution in [2.24, 2.45) is 5.73 Å². The van der Waals surface area contributed by atoms with Crippen molar-refractivity contribution in [3.8, 4) is 0 Å². The molecule has 0 aliphatic rings. The standard InChI is InChI=1S/C20H25N5O3S/c1-4-24-19(8-7-18(21)27)22-23-20(24)29-12-17(26)16-10-13(2)25(14(16)3)11-15-6-5-9-28-15/h5-6,9-10H,4,7-8,11-12H2,1-3H3,(H2,21,27). The van der Waals surface area contributed by atoms with Crippen molar-refractivity contribution in [1.29, 1.82) is 0 Å². The number of nitrogens with two attached hydrogens (primary N) is 1. The Balaban J connectivity index is 1.69. The number of carbonyl (C=O) groups is 2. The lowest BCUT2D eigenvalue weighted by molar-refractivity contribution is -0.118. The second-order valence-corrected chi connectivity index (χ2v) is 7.71. The maximum Gasteiger partial charge on any atom is 0.217 e. The Morgan fingerprint density at radius 2 is 2.03 bits per heavy atom. The fourth-order valence-electron chi connectivity index (χ4n) is 3.26. The summed E-state index contributed by atoms with van der Waals surface area (Å²) in [6, 6.07) is 5.70. The lowest BCUT2D eigenvalue weighted by Gasteiger charge is -2.08. The average Bonchev–Trinajstić information content (AvgIpc) is 3.40. The molecule has 0 bridgehead atoms.